The first-order chi connectivity index (χ1) is 11.6. The van der Waals surface area contributed by atoms with Crippen LogP contribution in [0.1, 0.15) is 5.56 Å². The van der Waals surface area contributed by atoms with Crippen molar-refractivity contribution in [1.82, 2.24) is 10.3 Å². The predicted octanol–water partition coefficient (Wildman–Crippen LogP) is 4.25. The second-order valence-electron chi connectivity index (χ2n) is 5.46. The molecular weight excluding hydrogens is 345 g/mol. The fraction of sp³-hybridized carbons (Fsp3) is 0.167. The lowest BCUT2D eigenvalue weighted by molar-refractivity contribution is -0.115. The Morgan fingerprint density at radius 1 is 1.12 bits per heavy atom. The number of rotatable bonds is 6. The number of fused-ring (bicyclic) bond motifs is 1. The molecule has 0 bridgehead atoms. The van der Waals surface area contributed by atoms with Crippen LogP contribution < -0.4 is 10.6 Å². The molecule has 4 nitrogen and oxygen atoms in total. The van der Waals surface area contributed by atoms with Crippen molar-refractivity contribution in [3.05, 3.63) is 64.3 Å². The highest BCUT2D eigenvalue weighted by Crippen LogP contribution is 2.25. The number of halogens is 2. The molecule has 3 rings (SSSR count). The number of para-hydroxylation sites is 1. The summed E-state index contributed by atoms with van der Waals surface area (Å²) in [5.74, 6) is -0.141. The highest BCUT2D eigenvalue weighted by atomic mass is 35.5. The van der Waals surface area contributed by atoms with Crippen molar-refractivity contribution < 1.29 is 4.79 Å². The predicted molar refractivity (Wildman–Crippen MR) is 100.0 cm³/mol. The van der Waals surface area contributed by atoms with Gasteiger partial charge in [0.25, 0.3) is 0 Å². The maximum absolute atomic E-state index is 12.0. The molecule has 3 N–H and O–H groups in total. The zero-order valence-electron chi connectivity index (χ0n) is 12.9. The number of benzene rings is 2. The first kappa shape index (κ1) is 16.8. The van der Waals surface area contributed by atoms with Crippen LogP contribution in [0.15, 0.2) is 48.7 Å². The van der Waals surface area contributed by atoms with Gasteiger partial charge in [0.15, 0.2) is 0 Å². The molecule has 0 saturated carbocycles. The minimum Gasteiger partial charge on any atom is -0.361 e. The molecule has 0 aliphatic rings. The fourth-order valence-corrected chi connectivity index (χ4v) is 3.00. The molecule has 0 spiro atoms. The topological polar surface area (TPSA) is 56.9 Å². The second-order valence-corrected chi connectivity index (χ2v) is 6.30. The smallest absolute Gasteiger partial charge is 0.238 e. The monoisotopic (exact) mass is 361 g/mol. The maximum Gasteiger partial charge on any atom is 0.238 e. The number of aromatic nitrogens is 1. The number of hydrogen-bond acceptors (Lipinski definition) is 2. The SMILES string of the molecule is O=C(CNCCc1c[nH]c2ccccc12)Nc1ccc(Cl)cc1Cl. The number of carbonyl (C=O) groups is 1. The number of amides is 1. The number of hydrogen-bond donors (Lipinski definition) is 3. The minimum absolute atomic E-state index is 0.141. The Hall–Kier alpha value is -2.01. The van der Waals surface area contributed by atoms with E-state index in [0.717, 1.165) is 11.9 Å². The molecule has 0 aliphatic heterocycles. The lowest BCUT2D eigenvalue weighted by Gasteiger charge is -2.08. The normalized spacial score (nSPS) is 10.9. The van der Waals surface area contributed by atoms with Gasteiger partial charge in [-0.2, -0.15) is 0 Å². The van der Waals surface area contributed by atoms with Gasteiger partial charge >= 0.3 is 0 Å². The van der Waals surface area contributed by atoms with Crippen molar-refractivity contribution >= 4 is 45.7 Å². The quantitative estimate of drug-likeness (QED) is 0.575. The summed E-state index contributed by atoms with van der Waals surface area (Å²) in [5, 5.41) is 8.09. The summed E-state index contributed by atoms with van der Waals surface area (Å²) < 4.78 is 0. The largest absolute Gasteiger partial charge is 0.361 e. The van der Waals surface area contributed by atoms with Crippen molar-refractivity contribution in [2.45, 2.75) is 6.42 Å². The fourth-order valence-electron chi connectivity index (χ4n) is 2.55. The van der Waals surface area contributed by atoms with Crippen LogP contribution in [0.2, 0.25) is 10.0 Å². The molecule has 24 heavy (non-hydrogen) atoms. The number of nitrogens with one attached hydrogen (secondary N) is 3. The van der Waals surface area contributed by atoms with Crippen LogP contribution in [0.4, 0.5) is 5.69 Å². The van der Waals surface area contributed by atoms with Gasteiger partial charge in [-0.25, -0.2) is 0 Å². The molecule has 2 aromatic carbocycles. The van der Waals surface area contributed by atoms with Crippen molar-refractivity contribution in [2.24, 2.45) is 0 Å². The molecule has 1 heterocycles. The van der Waals surface area contributed by atoms with E-state index >= 15 is 0 Å². The molecule has 0 unspecified atom stereocenters. The van der Waals surface area contributed by atoms with E-state index < -0.39 is 0 Å². The average Bonchev–Trinajstić information content (AvgIpc) is 2.98. The van der Waals surface area contributed by atoms with Gasteiger partial charge in [0.1, 0.15) is 0 Å². The van der Waals surface area contributed by atoms with Crippen molar-refractivity contribution in [3.63, 3.8) is 0 Å². The summed E-state index contributed by atoms with van der Waals surface area (Å²) in [5.41, 5.74) is 2.92. The number of aromatic amines is 1. The summed E-state index contributed by atoms with van der Waals surface area (Å²) in [6, 6.07) is 13.2. The van der Waals surface area contributed by atoms with Crippen LogP contribution in [-0.4, -0.2) is 24.0 Å². The van der Waals surface area contributed by atoms with E-state index in [0.29, 0.717) is 22.3 Å². The second kappa shape index (κ2) is 7.71. The van der Waals surface area contributed by atoms with E-state index in [9.17, 15) is 4.79 Å². The van der Waals surface area contributed by atoms with Gasteiger partial charge in [0, 0.05) is 22.1 Å². The molecule has 3 aromatic rings. The van der Waals surface area contributed by atoms with E-state index in [4.69, 9.17) is 23.2 Å². The Balaban J connectivity index is 1.47. The molecule has 124 valence electrons. The summed E-state index contributed by atoms with van der Waals surface area (Å²) >= 11 is 11.9. The third kappa shape index (κ3) is 4.09. The summed E-state index contributed by atoms with van der Waals surface area (Å²) in [4.78, 5) is 15.2. The Morgan fingerprint density at radius 3 is 2.79 bits per heavy atom. The van der Waals surface area contributed by atoms with Gasteiger partial charge in [-0.1, -0.05) is 41.4 Å². The van der Waals surface area contributed by atoms with Crippen molar-refractivity contribution in [1.29, 1.82) is 0 Å². The van der Waals surface area contributed by atoms with Gasteiger partial charge in [-0.3, -0.25) is 4.79 Å². The van der Waals surface area contributed by atoms with Crippen LogP contribution in [0, 0.1) is 0 Å². The average molecular weight is 362 g/mol. The highest BCUT2D eigenvalue weighted by Gasteiger charge is 2.07. The number of carbonyl (C=O) groups excluding carboxylic acids is 1. The van der Waals surface area contributed by atoms with Crippen LogP contribution >= 0.6 is 23.2 Å². The molecule has 0 fully saturated rings. The lowest BCUT2D eigenvalue weighted by Crippen LogP contribution is -2.29. The van der Waals surface area contributed by atoms with Gasteiger partial charge in [-0.15, -0.1) is 0 Å². The van der Waals surface area contributed by atoms with E-state index in [1.165, 1.54) is 10.9 Å². The third-order valence-electron chi connectivity index (χ3n) is 3.74. The molecule has 6 heteroatoms. The van der Waals surface area contributed by atoms with E-state index in [1.54, 1.807) is 18.2 Å². The maximum atomic E-state index is 12.0. The molecule has 0 radical (unpaired) electrons. The van der Waals surface area contributed by atoms with E-state index in [1.807, 2.05) is 18.3 Å². The molecule has 0 atom stereocenters. The molecule has 1 amide bonds. The van der Waals surface area contributed by atoms with Gasteiger partial charge < -0.3 is 15.6 Å². The number of H-pyrrole nitrogens is 1. The van der Waals surface area contributed by atoms with Crippen LogP contribution in [0.3, 0.4) is 0 Å². The summed E-state index contributed by atoms with van der Waals surface area (Å²) in [6.45, 7) is 0.935. The van der Waals surface area contributed by atoms with Crippen LogP contribution in [0.5, 0.6) is 0 Å². The first-order valence-electron chi connectivity index (χ1n) is 7.64. The van der Waals surface area contributed by atoms with Crippen molar-refractivity contribution in [2.75, 3.05) is 18.4 Å². The molecular formula is C18H17Cl2N3O. The van der Waals surface area contributed by atoms with Gasteiger partial charge in [0.05, 0.1) is 17.3 Å². The Labute approximate surface area is 150 Å². The van der Waals surface area contributed by atoms with E-state index in [-0.39, 0.29) is 12.5 Å². The molecule has 1 aromatic heterocycles. The Morgan fingerprint density at radius 2 is 1.96 bits per heavy atom. The first-order valence-corrected chi connectivity index (χ1v) is 8.39. The zero-order chi connectivity index (χ0) is 16.9. The standard InChI is InChI=1S/C18H17Cl2N3O/c19-13-5-6-17(15(20)9-13)23-18(24)11-21-8-7-12-10-22-16-4-2-1-3-14(12)16/h1-6,9-10,21-22H,7-8,11H2,(H,23,24). The van der Waals surface area contributed by atoms with Gasteiger partial charge in [-0.05, 0) is 42.8 Å². The van der Waals surface area contributed by atoms with Crippen LogP contribution in [0.25, 0.3) is 10.9 Å². The van der Waals surface area contributed by atoms with Gasteiger partial charge in [0.2, 0.25) is 5.91 Å². The molecule has 0 aliphatic carbocycles. The zero-order valence-corrected chi connectivity index (χ0v) is 14.4. The molecule has 0 saturated heterocycles. The number of anilines is 1. The third-order valence-corrected chi connectivity index (χ3v) is 4.28. The Bertz CT molecular complexity index is 860. The van der Waals surface area contributed by atoms with E-state index in [2.05, 4.69) is 27.8 Å². The van der Waals surface area contributed by atoms with Crippen molar-refractivity contribution in [3.8, 4) is 0 Å². The summed E-state index contributed by atoms with van der Waals surface area (Å²) in [7, 11) is 0. The lowest BCUT2D eigenvalue weighted by atomic mass is 10.1. The van der Waals surface area contributed by atoms with Crippen LogP contribution in [-0.2, 0) is 11.2 Å². The highest BCUT2D eigenvalue weighted by molar-refractivity contribution is 6.36. The Kier molecular flexibility index (Phi) is 5.41. The summed E-state index contributed by atoms with van der Waals surface area (Å²) in [6.07, 6.45) is 2.86. The minimum atomic E-state index is -0.141.